The highest BCUT2D eigenvalue weighted by Crippen LogP contribution is 2.25. The first-order valence-electron chi connectivity index (χ1n) is 9.77. The van der Waals surface area contributed by atoms with Gasteiger partial charge in [-0.1, -0.05) is 12.8 Å². The van der Waals surface area contributed by atoms with E-state index >= 15 is 0 Å². The van der Waals surface area contributed by atoms with Crippen LogP contribution < -0.4 is 4.74 Å². The molecule has 154 valence electrons. The number of hydrogen-bond acceptors (Lipinski definition) is 3. The Kier molecular flexibility index (Phi) is 6.46. The fourth-order valence-electron chi connectivity index (χ4n) is 3.86. The molecule has 1 aromatic rings. The number of piperidine rings is 1. The summed E-state index contributed by atoms with van der Waals surface area (Å²) in [6.45, 7) is 2.60. The zero-order valence-electron chi connectivity index (χ0n) is 15.7. The number of halogens is 3. The van der Waals surface area contributed by atoms with Gasteiger partial charge < -0.3 is 14.5 Å². The molecule has 0 aliphatic carbocycles. The van der Waals surface area contributed by atoms with E-state index in [0.29, 0.717) is 31.5 Å². The molecule has 5 nitrogen and oxygen atoms in total. The van der Waals surface area contributed by atoms with Crippen LogP contribution in [0, 0.1) is 5.92 Å². The van der Waals surface area contributed by atoms with Crippen LogP contribution in [0.3, 0.4) is 0 Å². The summed E-state index contributed by atoms with van der Waals surface area (Å²) in [6.07, 6.45) is 0.932. The highest BCUT2D eigenvalue weighted by Gasteiger charge is 2.32. The summed E-state index contributed by atoms with van der Waals surface area (Å²) < 4.78 is 40.5. The highest BCUT2D eigenvalue weighted by atomic mass is 19.4. The lowest BCUT2D eigenvalue weighted by Crippen LogP contribution is -2.44. The van der Waals surface area contributed by atoms with Crippen LogP contribution in [0.1, 0.15) is 48.9 Å². The van der Waals surface area contributed by atoms with E-state index < -0.39 is 6.36 Å². The molecule has 2 aliphatic heterocycles. The fraction of sp³-hybridized carbons (Fsp3) is 0.600. The first kappa shape index (κ1) is 20.5. The Morgan fingerprint density at radius 2 is 1.43 bits per heavy atom. The average Bonchev–Trinajstić information content (AvgIpc) is 2.96. The Hall–Kier alpha value is -2.25. The minimum atomic E-state index is -4.76. The Labute approximate surface area is 162 Å². The Bertz CT molecular complexity index is 675. The molecule has 2 aliphatic rings. The summed E-state index contributed by atoms with van der Waals surface area (Å²) in [7, 11) is 0. The minimum absolute atomic E-state index is 0.0512. The van der Waals surface area contributed by atoms with Crippen LogP contribution in [0.25, 0.3) is 0 Å². The maximum atomic E-state index is 12.7. The van der Waals surface area contributed by atoms with Crippen LogP contribution in [0.15, 0.2) is 24.3 Å². The normalized spacial score (nSPS) is 19.2. The van der Waals surface area contributed by atoms with Crippen molar-refractivity contribution < 1.29 is 27.5 Å². The lowest BCUT2D eigenvalue weighted by atomic mass is 9.94. The van der Waals surface area contributed by atoms with Gasteiger partial charge in [-0.25, -0.2) is 0 Å². The summed E-state index contributed by atoms with van der Waals surface area (Å²) in [5.74, 6) is -0.447. The quantitative estimate of drug-likeness (QED) is 0.777. The second-order valence-corrected chi connectivity index (χ2v) is 7.38. The fourth-order valence-corrected chi connectivity index (χ4v) is 3.86. The van der Waals surface area contributed by atoms with Gasteiger partial charge in [0.05, 0.1) is 0 Å². The SMILES string of the molecule is O=C(c1ccc(OC(F)(F)F)cc1)N1CCC(C(=O)N2CCCCCC2)CC1. The molecule has 0 saturated carbocycles. The number of ether oxygens (including phenoxy) is 1. The molecule has 0 spiro atoms. The van der Waals surface area contributed by atoms with Gasteiger partial charge in [0, 0.05) is 37.7 Å². The molecule has 2 fully saturated rings. The minimum Gasteiger partial charge on any atom is -0.406 e. The van der Waals surface area contributed by atoms with Crippen molar-refractivity contribution in [3.8, 4) is 5.75 Å². The molecular weight excluding hydrogens is 373 g/mol. The molecule has 3 rings (SSSR count). The highest BCUT2D eigenvalue weighted by molar-refractivity contribution is 5.94. The third kappa shape index (κ3) is 5.39. The van der Waals surface area contributed by atoms with Crippen LogP contribution in [0.4, 0.5) is 13.2 Å². The number of benzene rings is 1. The second kappa shape index (κ2) is 8.84. The summed E-state index contributed by atoms with van der Waals surface area (Å²) >= 11 is 0. The molecule has 2 heterocycles. The first-order valence-corrected chi connectivity index (χ1v) is 9.77. The van der Waals surface area contributed by atoms with Gasteiger partial charge in [-0.2, -0.15) is 0 Å². The number of nitrogens with zero attached hydrogens (tertiary/aromatic N) is 2. The molecule has 0 bridgehead atoms. The van der Waals surface area contributed by atoms with Gasteiger partial charge in [-0.15, -0.1) is 13.2 Å². The number of carbonyl (C=O) groups excluding carboxylic acids is 2. The predicted octanol–water partition coefficient (Wildman–Crippen LogP) is 3.84. The van der Waals surface area contributed by atoms with Crippen molar-refractivity contribution in [1.29, 1.82) is 0 Å². The Morgan fingerprint density at radius 1 is 0.857 bits per heavy atom. The van der Waals surface area contributed by atoms with Gasteiger partial charge in [-0.05, 0) is 49.9 Å². The van der Waals surface area contributed by atoms with Crippen molar-refractivity contribution in [2.45, 2.75) is 44.9 Å². The van der Waals surface area contributed by atoms with E-state index in [2.05, 4.69) is 4.74 Å². The first-order chi connectivity index (χ1) is 13.3. The van der Waals surface area contributed by atoms with Gasteiger partial charge in [0.1, 0.15) is 5.75 Å². The second-order valence-electron chi connectivity index (χ2n) is 7.38. The number of hydrogen-bond donors (Lipinski definition) is 0. The van der Waals surface area contributed by atoms with Crippen molar-refractivity contribution in [3.05, 3.63) is 29.8 Å². The van der Waals surface area contributed by atoms with Crippen LogP contribution in [-0.4, -0.2) is 54.2 Å². The van der Waals surface area contributed by atoms with E-state index in [9.17, 15) is 22.8 Å². The molecule has 1 aromatic carbocycles. The summed E-state index contributed by atoms with van der Waals surface area (Å²) in [6, 6.07) is 4.93. The van der Waals surface area contributed by atoms with Gasteiger partial charge in [0.25, 0.3) is 5.91 Å². The molecule has 0 N–H and O–H groups in total. The number of carbonyl (C=O) groups is 2. The molecule has 8 heteroatoms. The zero-order chi connectivity index (χ0) is 20.1. The van der Waals surface area contributed by atoms with Crippen molar-refractivity contribution in [2.75, 3.05) is 26.2 Å². The molecule has 0 unspecified atom stereocenters. The van der Waals surface area contributed by atoms with Gasteiger partial charge in [0.2, 0.25) is 5.91 Å². The van der Waals surface area contributed by atoms with E-state index in [1.54, 1.807) is 4.90 Å². The maximum Gasteiger partial charge on any atom is 0.573 e. The van der Waals surface area contributed by atoms with Gasteiger partial charge in [-0.3, -0.25) is 9.59 Å². The van der Waals surface area contributed by atoms with Crippen molar-refractivity contribution in [1.82, 2.24) is 9.80 Å². The summed E-state index contributed by atoms with van der Waals surface area (Å²) in [4.78, 5) is 28.9. The molecule has 2 amide bonds. The molecule has 0 aromatic heterocycles. The Morgan fingerprint density at radius 3 is 1.96 bits per heavy atom. The van der Waals surface area contributed by atoms with E-state index in [1.165, 1.54) is 25.0 Å². The van der Waals surface area contributed by atoms with Crippen LogP contribution in [0.2, 0.25) is 0 Å². The van der Waals surface area contributed by atoms with E-state index in [1.807, 2.05) is 4.90 Å². The third-order valence-corrected chi connectivity index (χ3v) is 5.38. The van der Waals surface area contributed by atoms with Crippen LogP contribution in [0.5, 0.6) is 5.75 Å². The topological polar surface area (TPSA) is 49.9 Å². The molecule has 0 radical (unpaired) electrons. The number of amides is 2. The van der Waals surface area contributed by atoms with Crippen LogP contribution >= 0.6 is 0 Å². The van der Waals surface area contributed by atoms with Gasteiger partial charge >= 0.3 is 6.36 Å². The summed E-state index contributed by atoms with van der Waals surface area (Å²) in [5.41, 5.74) is 0.312. The number of rotatable bonds is 3. The molecular formula is C20H25F3N2O3. The van der Waals surface area contributed by atoms with E-state index in [0.717, 1.165) is 38.1 Å². The standard InChI is InChI=1S/C20H25F3N2O3/c21-20(22,23)28-17-7-5-15(6-8-17)18(26)25-13-9-16(10-14-25)19(27)24-11-3-1-2-4-12-24/h5-8,16H,1-4,9-14H2. The molecule has 2 saturated heterocycles. The molecule has 28 heavy (non-hydrogen) atoms. The smallest absolute Gasteiger partial charge is 0.406 e. The van der Waals surface area contributed by atoms with Gasteiger partial charge in [0.15, 0.2) is 0 Å². The van der Waals surface area contributed by atoms with Crippen molar-refractivity contribution in [2.24, 2.45) is 5.92 Å². The van der Waals surface area contributed by atoms with E-state index in [-0.39, 0.29) is 23.5 Å². The maximum absolute atomic E-state index is 12.7. The predicted molar refractivity (Wildman–Crippen MR) is 96.8 cm³/mol. The number of likely N-dealkylation sites (tertiary alicyclic amines) is 2. The lowest BCUT2D eigenvalue weighted by molar-refractivity contribution is -0.274. The van der Waals surface area contributed by atoms with Crippen LogP contribution in [-0.2, 0) is 4.79 Å². The summed E-state index contributed by atoms with van der Waals surface area (Å²) in [5, 5.41) is 0. The molecule has 0 atom stereocenters. The third-order valence-electron chi connectivity index (χ3n) is 5.38. The van der Waals surface area contributed by atoms with Crippen molar-refractivity contribution in [3.63, 3.8) is 0 Å². The monoisotopic (exact) mass is 398 g/mol. The average molecular weight is 398 g/mol. The largest absolute Gasteiger partial charge is 0.573 e. The zero-order valence-corrected chi connectivity index (χ0v) is 15.7. The van der Waals surface area contributed by atoms with E-state index in [4.69, 9.17) is 0 Å². The Balaban J connectivity index is 1.52. The van der Waals surface area contributed by atoms with Crippen molar-refractivity contribution >= 4 is 11.8 Å². The number of alkyl halides is 3. The lowest BCUT2D eigenvalue weighted by Gasteiger charge is -2.34.